The zero-order valence-corrected chi connectivity index (χ0v) is 20.0. The summed E-state index contributed by atoms with van der Waals surface area (Å²) >= 11 is 0. The third kappa shape index (κ3) is 2.81. The molecule has 2 aliphatic heterocycles. The van der Waals surface area contributed by atoms with Crippen molar-refractivity contribution in [2.45, 2.75) is 18.0 Å². The molecule has 1 fully saturated rings. The molecule has 1 saturated heterocycles. The second kappa shape index (κ2) is 7.97. The third-order valence-corrected chi connectivity index (χ3v) is 8.20. The smallest absolute Gasteiger partial charge is 0.185 e. The van der Waals surface area contributed by atoms with E-state index >= 15 is 0 Å². The van der Waals surface area contributed by atoms with Crippen LogP contribution in [0.25, 0.3) is 6.08 Å². The molecule has 0 aromatic heterocycles. The fourth-order valence-corrected chi connectivity index (χ4v) is 6.72. The van der Waals surface area contributed by atoms with Crippen molar-refractivity contribution in [2.75, 3.05) is 4.90 Å². The average molecular weight is 482 g/mol. The molecule has 0 bridgehead atoms. The Labute approximate surface area is 214 Å². The van der Waals surface area contributed by atoms with E-state index in [-0.39, 0.29) is 17.3 Å². The quantitative estimate of drug-likeness (QED) is 0.266. The number of para-hydroxylation sites is 1. The van der Waals surface area contributed by atoms with Crippen molar-refractivity contribution in [2.24, 2.45) is 5.41 Å². The topological polar surface area (TPSA) is 54.5 Å². The fourth-order valence-electron chi connectivity index (χ4n) is 6.72. The lowest BCUT2D eigenvalue weighted by Crippen LogP contribution is -2.48. The number of anilines is 1. The van der Waals surface area contributed by atoms with Crippen molar-refractivity contribution in [3.05, 3.63) is 143 Å². The van der Waals surface area contributed by atoms with Crippen molar-refractivity contribution in [1.82, 2.24) is 0 Å². The number of hydrogen-bond acceptors (Lipinski definition) is 4. The van der Waals surface area contributed by atoms with E-state index in [0.29, 0.717) is 16.7 Å². The first kappa shape index (κ1) is 21.7. The maximum atomic E-state index is 14.5. The molecule has 3 atom stereocenters. The Balaban J connectivity index is 1.56. The summed E-state index contributed by atoms with van der Waals surface area (Å²) in [4.78, 5) is 45.5. The Morgan fingerprint density at radius 3 is 1.92 bits per heavy atom. The van der Waals surface area contributed by atoms with Gasteiger partial charge in [0, 0.05) is 28.3 Å². The van der Waals surface area contributed by atoms with Crippen LogP contribution in [0.4, 0.5) is 5.69 Å². The second-order valence-electron chi connectivity index (χ2n) is 9.91. The number of carbonyl (C=O) groups excluding carboxylic acids is 3. The van der Waals surface area contributed by atoms with E-state index in [1.54, 1.807) is 24.3 Å². The molecule has 2 heterocycles. The van der Waals surface area contributed by atoms with Gasteiger partial charge in [0.15, 0.2) is 17.3 Å². The maximum absolute atomic E-state index is 14.5. The zero-order valence-electron chi connectivity index (χ0n) is 20.0. The number of ketones is 3. The van der Waals surface area contributed by atoms with E-state index in [4.69, 9.17) is 0 Å². The van der Waals surface area contributed by atoms with Gasteiger partial charge in [0.2, 0.25) is 0 Å². The van der Waals surface area contributed by atoms with Gasteiger partial charge in [0.1, 0.15) is 11.5 Å². The summed E-state index contributed by atoms with van der Waals surface area (Å²) < 4.78 is 0. The van der Waals surface area contributed by atoms with Gasteiger partial charge in [-0.15, -0.1) is 0 Å². The normalized spacial score (nSPS) is 22.6. The van der Waals surface area contributed by atoms with E-state index in [1.165, 1.54) is 0 Å². The number of rotatable bonds is 3. The fraction of sp³-hybridized carbons (Fsp3) is 0.121. The van der Waals surface area contributed by atoms with Crippen LogP contribution in [0.3, 0.4) is 0 Å². The summed E-state index contributed by atoms with van der Waals surface area (Å²) in [6.07, 6.45) is 3.94. The molecule has 0 N–H and O–H groups in total. The summed E-state index contributed by atoms with van der Waals surface area (Å²) in [7, 11) is 0. The predicted molar refractivity (Wildman–Crippen MR) is 143 cm³/mol. The molecule has 1 aliphatic carbocycles. The lowest BCUT2D eigenvalue weighted by atomic mass is 9.64. The Morgan fingerprint density at radius 1 is 0.676 bits per heavy atom. The van der Waals surface area contributed by atoms with Gasteiger partial charge in [-0.25, -0.2) is 0 Å². The van der Waals surface area contributed by atoms with Crippen LogP contribution < -0.4 is 4.90 Å². The van der Waals surface area contributed by atoms with Gasteiger partial charge in [-0.2, -0.15) is 0 Å². The Hall–Kier alpha value is -4.57. The lowest BCUT2D eigenvalue weighted by molar-refractivity contribution is 0.0666. The monoisotopic (exact) mass is 481 g/mol. The lowest BCUT2D eigenvalue weighted by Gasteiger charge is -2.37. The maximum Gasteiger partial charge on any atom is 0.185 e. The van der Waals surface area contributed by atoms with Crippen LogP contribution in [0.15, 0.2) is 115 Å². The van der Waals surface area contributed by atoms with Gasteiger partial charge in [-0.05, 0) is 17.2 Å². The molecule has 0 unspecified atom stereocenters. The van der Waals surface area contributed by atoms with Gasteiger partial charge < -0.3 is 4.90 Å². The standard InChI is InChI=1S/C33H23NO3/c35-30(23-14-5-2-6-15-23)29-28(22-12-3-1-4-13-22)33(31(36)24-16-8-9-17-25(24)32(33)37)27-20-19-21-11-7-10-18-26(21)34(27)29/h1-20,27-29H/t27-,28+,29-/m1/s1. The van der Waals surface area contributed by atoms with Crippen LogP contribution >= 0.6 is 0 Å². The number of carbonyl (C=O) groups is 3. The highest BCUT2D eigenvalue weighted by molar-refractivity contribution is 6.32. The van der Waals surface area contributed by atoms with E-state index in [1.807, 2.05) is 102 Å². The van der Waals surface area contributed by atoms with Crippen LogP contribution in [0.5, 0.6) is 0 Å². The van der Waals surface area contributed by atoms with Crippen molar-refractivity contribution in [3.63, 3.8) is 0 Å². The zero-order chi connectivity index (χ0) is 25.1. The van der Waals surface area contributed by atoms with Crippen LogP contribution in [-0.4, -0.2) is 29.4 Å². The summed E-state index contributed by atoms with van der Waals surface area (Å²) in [6.45, 7) is 0. The molecule has 0 amide bonds. The van der Waals surface area contributed by atoms with Crippen molar-refractivity contribution in [3.8, 4) is 0 Å². The number of nitrogens with zero attached hydrogens (tertiary/aromatic N) is 1. The van der Waals surface area contributed by atoms with Crippen molar-refractivity contribution in [1.29, 1.82) is 0 Å². The van der Waals surface area contributed by atoms with Crippen molar-refractivity contribution < 1.29 is 14.4 Å². The van der Waals surface area contributed by atoms with Gasteiger partial charge >= 0.3 is 0 Å². The largest absolute Gasteiger partial charge is 0.352 e. The van der Waals surface area contributed by atoms with Gasteiger partial charge in [-0.1, -0.05) is 115 Å². The number of Topliss-reactive ketones (excluding diaryl/α,β-unsaturated/α-hetero) is 3. The minimum atomic E-state index is -1.45. The molecule has 7 rings (SSSR count). The van der Waals surface area contributed by atoms with Gasteiger partial charge in [0.05, 0.1) is 6.04 Å². The molecule has 4 nitrogen and oxygen atoms in total. The molecule has 1 spiro atoms. The highest BCUT2D eigenvalue weighted by Gasteiger charge is 2.71. The molecule has 4 heteroatoms. The SMILES string of the molecule is O=C(c1ccccc1)[C@H]1[C@H](c2ccccc2)C2(C(=O)c3ccccc3C2=O)[C@H]2C=Cc3ccccc3N12. The molecular formula is C33H23NO3. The van der Waals surface area contributed by atoms with E-state index < -0.39 is 23.4 Å². The Morgan fingerprint density at radius 2 is 1.24 bits per heavy atom. The number of fused-ring (bicyclic) bond motifs is 5. The van der Waals surface area contributed by atoms with E-state index in [2.05, 4.69) is 0 Å². The Bertz CT molecular complexity index is 1570. The highest BCUT2D eigenvalue weighted by atomic mass is 16.2. The Kier molecular flexibility index (Phi) is 4.67. The first-order valence-corrected chi connectivity index (χ1v) is 12.5. The molecular weight excluding hydrogens is 458 g/mol. The molecule has 0 radical (unpaired) electrons. The van der Waals surface area contributed by atoms with Crippen LogP contribution in [0.1, 0.15) is 48.1 Å². The summed E-state index contributed by atoms with van der Waals surface area (Å²) in [5.41, 5.74) is 2.62. The highest BCUT2D eigenvalue weighted by Crippen LogP contribution is 2.60. The predicted octanol–water partition coefficient (Wildman–Crippen LogP) is 6.00. The summed E-state index contributed by atoms with van der Waals surface area (Å²) in [6, 6.07) is 32.4. The van der Waals surface area contributed by atoms with E-state index in [0.717, 1.165) is 16.8 Å². The molecule has 3 aliphatic rings. The first-order chi connectivity index (χ1) is 18.1. The summed E-state index contributed by atoms with van der Waals surface area (Å²) in [5.74, 6) is -1.18. The molecule has 0 saturated carbocycles. The van der Waals surface area contributed by atoms with Crippen LogP contribution in [0, 0.1) is 5.41 Å². The summed E-state index contributed by atoms with van der Waals surface area (Å²) in [5, 5.41) is 0. The molecule has 37 heavy (non-hydrogen) atoms. The van der Waals surface area contributed by atoms with Gasteiger partial charge in [-0.3, -0.25) is 14.4 Å². The number of hydrogen-bond donors (Lipinski definition) is 0. The second-order valence-corrected chi connectivity index (χ2v) is 9.91. The van der Waals surface area contributed by atoms with Gasteiger partial charge in [0.25, 0.3) is 0 Å². The van der Waals surface area contributed by atoms with Crippen LogP contribution in [0.2, 0.25) is 0 Å². The first-order valence-electron chi connectivity index (χ1n) is 12.5. The van der Waals surface area contributed by atoms with Crippen molar-refractivity contribution >= 4 is 29.1 Å². The average Bonchev–Trinajstić information content (AvgIpc) is 3.40. The minimum Gasteiger partial charge on any atom is -0.352 e. The van der Waals surface area contributed by atoms with Crippen LogP contribution in [-0.2, 0) is 0 Å². The van der Waals surface area contributed by atoms with E-state index in [9.17, 15) is 14.4 Å². The molecule has 178 valence electrons. The molecule has 4 aromatic rings. The minimum absolute atomic E-state index is 0.0991. The third-order valence-electron chi connectivity index (χ3n) is 8.20. The number of benzene rings is 4. The molecule has 4 aromatic carbocycles.